The molecule has 0 unspecified atom stereocenters. The SMILES string of the molecule is CCn1c(SCC(=O)Nc2cccnc2Cl)nnc1-c1ccccc1C. The van der Waals surface area contributed by atoms with Gasteiger partial charge in [-0.25, -0.2) is 4.98 Å². The number of hydrogen-bond donors (Lipinski definition) is 1. The van der Waals surface area contributed by atoms with Crippen molar-refractivity contribution in [1.29, 1.82) is 0 Å². The molecule has 1 N–H and O–H groups in total. The van der Waals surface area contributed by atoms with E-state index in [-0.39, 0.29) is 16.8 Å². The van der Waals surface area contributed by atoms with Gasteiger partial charge in [-0.2, -0.15) is 0 Å². The Morgan fingerprint density at radius 1 is 1.23 bits per heavy atom. The molecular formula is C18H18ClN5OS. The number of hydrogen-bond acceptors (Lipinski definition) is 5. The van der Waals surface area contributed by atoms with Crippen molar-refractivity contribution < 1.29 is 4.79 Å². The number of pyridine rings is 1. The fraction of sp³-hybridized carbons (Fsp3) is 0.222. The summed E-state index contributed by atoms with van der Waals surface area (Å²) >= 11 is 7.30. The van der Waals surface area contributed by atoms with Gasteiger partial charge in [0.25, 0.3) is 0 Å². The van der Waals surface area contributed by atoms with E-state index in [1.807, 2.05) is 42.7 Å². The summed E-state index contributed by atoms with van der Waals surface area (Å²) in [5, 5.41) is 12.3. The zero-order valence-electron chi connectivity index (χ0n) is 14.4. The van der Waals surface area contributed by atoms with Crippen LogP contribution in [0.2, 0.25) is 5.15 Å². The lowest BCUT2D eigenvalue weighted by Gasteiger charge is -2.09. The molecular weight excluding hydrogens is 370 g/mol. The Hall–Kier alpha value is -2.38. The van der Waals surface area contributed by atoms with Crippen LogP contribution < -0.4 is 5.32 Å². The Labute approximate surface area is 161 Å². The number of anilines is 1. The van der Waals surface area contributed by atoms with Gasteiger partial charge in [0.1, 0.15) is 0 Å². The number of thioether (sulfide) groups is 1. The van der Waals surface area contributed by atoms with E-state index >= 15 is 0 Å². The van der Waals surface area contributed by atoms with Gasteiger partial charge in [0.15, 0.2) is 16.1 Å². The standard InChI is InChI=1S/C18H18ClN5OS/c1-3-24-17(13-8-5-4-7-12(13)2)22-23-18(24)26-11-15(25)21-14-9-6-10-20-16(14)19/h4-10H,3,11H2,1-2H3,(H,21,25). The first-order valence-corrected chi connectivity index (χ1v) is 9.49. The van der Waals surface area contributed by atoms with Crippen LogP contribution in [0.5, 0.6) is 0 Å². The number of carbonyl (C=O) groups is 1. The van der Waals surface area contributed by atoms with Crippen molar-refractivity contribution in [3.8, 4) is 11.4 Å². The molecule has 0 aliphatic carbocycles. The van der Waals surface area contributed by atoms with Gasteiger partial charge in [-0.3, -0.25) is 4.79 Å². The summed E-state index contributed by atoms with van der Waals surface area (Å²) in [7, 11) is 0. The minimum Gasteiger partial charge on any atom is -0.323 e. The fourth-order valence-corrected chi connectivity index (χ4v) is 3.47. The number of aryl methyl sites for hydroxylation is 1. The third-order valence-corrected chi connectivity index (χ3v) is 5.05. The van der Waals surface area contributed by atoms with Gasteiger partial charge in [0.05, 0.1) is 11.4 Å². The van der Waals surface area contributed by atoms with Crippen LogP contribution in [0.25, 0.3) is 11.4 Å². The van der Waals surface area contributed by atoms with Crippen LogP contribution in [-0.4, -0.2) is 31.4 Å². The van der Waals surface area contributed by atoms with Gasteiger partial charge >= 0.3 is 0 Å². The Morgan fingerprint density at radius 3 is 2.77 bits per heavy atom. The Morgan fingerprint density at radius 2 is 2.04 bits per heavy atom. The van der Waals surface area contributed by atoms with Gasteiger partial charge in [0.2, 0.25) is 5.91 Å². The zero-order valence-corrected chi connectivity index (χ0v) is 16.0. The molecule has 1 aromatic carbocycles. The molecule has 0 aliphatic rings. The first kappa shape index (κ1) is 18.4. The molecule has 0 saturated heterocycles. The number of halogens is 1. The second-order valence-electron chi connectivity index (χ2n) is 5.54. The van der Waals surface area contributed by atoms with E-state index in [1.165, 1.54) is 11.8 Å². The number of rotatable bonds is 6. The van der Waals surface area contributed by atoms with Crippen LogP contribution in [0.4, 0.5) is 5.69 Å². The van der Waals surface area contributed by atoms with E-state index in [4.69, 9.17) is 11.6 Å². The van der Waals surface area contributed by atoms with Gasteiger partial charge in [0, 0.05) is 18.3 Å². The van der Waals surface area contributed by atoms with Gasteiger partial charge in [-0.1, -0.05) is 47.6 Å². The molecule has 0 spiro atoms. The third-order valence-electron chi connectivity index (χ3n) is 3.78. The summed E-state index contributed by atoms with van der Waals surface area (Å²) in [5.41, 5.74) is 2.67. The highest BCUT2D eigenvalue weighted by Crippen LogP contribution is 2.26. The summed E-state index contributed by atoms with van der Waals surface area (Å²) in [5.74, 6) is 0.841. The molecule has 6 nitrogen and oxygen atoms in total. The van der Waals surface area contributed by atoms with Gasteiger partial charge < -0.3 is 9.88 Å². The van der Waals surface area contributed by atoms with Crippen LogP contribution in [0.3, 0.4) is 0 Å². The molecule has 3 aromatic rings. The predicted molar refractivity (Wildman–Crippen MR) is 104 cm³/mol. The first-order chi connectivity index (χ1) is 12.6. The van der Waals surface area contributed by atoms with E-state index in [2.05, 4.69) is 20.5 Å². The lowest BCUT2D eigenvalue weighted by Crippen LogP contribution is -2.15. The average molecular weight is 388 g/mol. The monoisotopic (exact) mass is 387 g/mol. The number of nitrogens with one attached hydrogen (secondary N) is 1. The van der Waals surface area contributed by atoms with Crippen molar-refractivity contribution in [2.24, 2.45) is 0 Å². The second-order valence-corrected chi connectivity index (χ2v) is 6.84. The lowest BCUT2D eigenvalue weighted by atomic mass is 10.1. The van der Waals surface area contributed by atoms with Gasteiger partial charge in [-0.15, -0.1) is 10.2 Å². The van der Waals surface area contributed by atoms with Crippen molar-refractivity contribution in [2.75, 3.05) is 11.1 Å². The maximum absolute atomic E-state index is 12.2. The minimum atomic E-state index is -0.173. The zero-order chi connectivity index (χ0) is 18.5. The maximum atomic E-state index is 12.2. The summed E-state index contributed by atoms with van der Waals surface area (Å²) in [6, 6.07) is 11.5. The van der Waals surface area contributed by atoms with E-state index < -0.39 is 0 Å². The van der Waals surface area contributed by atoms with Crippen molar-refractivity contribution >= 4 is 35.0 Å². The van der Waals surface area contributed by atoms with Crippen molar-refractivity contribution in [3.05, 3.63) is 53.3 Å². The normalized spacial score (nSPS) is 10.7. The minimum absolute atomic E-state index is 0.173. The van der Waals surface area contributed by atoms with Gasteiger partial charge in [-0.05, 0) is 31.5 Å². The van der Waals surface area contributed by atoms with E-state index in [1.54, 1.807) is 18.3 Å². The predicted octanol–water partition coefficient (Wildman–Crippen LogP) is 4.05. The van der Waals surface area contributed by atoms with Crippen LogP contribution in [0.1, 0.15) is 12.5 Å². The van der Waals surface area contributed by atoms with Crippen molar-refractivity contribution in [2.45, 2.75) is 25.5 Å². The van der Waals surface area contributed by atoms with Crippen LogP contribution in [0.15, 0.2) is 47.8 Å². The molecule has 0 atom stereocenters. The number of aromatic nitrogens is 4. The second kappa shape index (κ2) is 8.33. The molecule has 2 heterocycles. The molecule has 0 fully saturated rings. The topological polar surface area (TPSA) is 72.7 Å². The van der Waals surface area contributed by atoms with Crippen molar-refractivity contribution in [3.63, 3.8) is 0 Å². The average Bonchev–Trinajstić information content (AvgIpc) is 3.05. The molecule has 0 bridgehead atoms. The smallest absolute Gasteiger partial charge is 0.234 e. The molecule has 1 amide bonds. The molecule has 26 heavy (non-hydrogen) atoms. The molecule has 3 rings (SSSR count). The molecule has 8 heteroatoms. The van der Waals surface area contributed by atoms with Crippen LogP contribution >= 0.6 is 23.4 Å². The summed E-state index contributed by atoms with van der Waals surface area (Å²) < 4.78 is 2.01. The third kappa shape index (κ3) is 4.05. The largest absolute Gasteiger partial charge is 0.323 e. The lowest BCUT2D eigenvalue weighted by molar-refractivity contribution is -0.113. The van der Waals surface area contributed by atoms with E-state index in [0.717, 1.165) is 23.5 Å². The molecule has 0 saturated carbocycles. The summed E-state index contributed by atoms with van der Waals surface area (Å²) in [6.45, 7) is 4.79. The maximum Gasteiger partial charge on any atom is 0.234 e. The highest BCUT2D eigenvalue weighted by molar-refractivity contribution is 7.99. The first-order valence-electron chi connectivity index (χ1n) is 8.12. The van der Waals surface area contributed by atoms with Crippen LogP contribution in [0, 0.1) is 6.92 Å². The van der Waals surface area contributed by atoms with Crippen molar-refractivity contribution in [1.82, 2.24) is 19.7 Å². The highest BCUT2D eigenvalue weighted by Gasteiger charge is 2.16. The Balaban J connectivity index is 1.72. The highest BCUT2D eigenvalue weighted by atomic mass is 35.5. The van der Waals surface area contributed by atoms with E-state index in [9.17, 15) is 4.79 Å². The fourth-order valence-electron chi connectivity index (χ4n) is 2.50. The Bertz CT molecular complexity index is 927. The number of carbonyl (C=O) groups excluding carboxylic acids is 1. The number of nitrogens with zero attached hydrogens (tertiary/aromatic N) is 4. The van der Waals surface area contributed by atoms with Crippen LogP contribution in [-0.2, 0) is 11.3 Å². The molecule has 0 aliphatic heterocycles. The molecule has 134 valence electrons. The Kier molecular flexibility index (Phi) is 5.90. The number of amides is 1. The number of benzene rings is 1. The molecule has 2 aromatic heterocycles. The van der Waals surface area contributed by atoms with E-state index in [0.29, 0.717) is 10.8 Å². The summed E-state index contributed by atoms with van der Waals surface area (Å²) in [4.78, 5) is 16.1. The summed E-state index contributed by atoms with van der Waals surface area (Å²) in [6.07, 6.45) is 1.57. The quantitative estimate of drug-likeness (QED) is 0.510. The molecule has 0 radical (unpaired) electrons.